The molecule has 1 atom stereocenters. The monoisotopic (exact) mass is 335 g/mol. The molecule has 0 bridgehead atoms. The van der Waals surface area contributed by atoms with Crippen LogP contribution < -0.4 is 0 Å². The number of ether oxygens (including phenoxy) is 1. The lowest BCUT2D eigenvalue weighted by atomic mass is 9.92. The first-order valence-corrected chi connectivity index (χ1v) is 8.20. The molecule has 4 nitrogen and oxygen atoms in total. The first-order valence-electron chi connectivity index (χ1n) is 8.20. The van der Waals surface area contributed by atoms with Crippen LogP contribution in [0.2, 0.25) is 0 Å². The molecule has 0 spiro atoms. The summed E-state index contributed by atoms with van der Waals surface area (Å²) in [5, 5.41) is 10.7. The summed E-state index contributed by atoms with van der Waals surface area (Å²) in [5.41, 5.74) is 2.67. The van der Waals surface area contributed by atoms with Gasteiger partial charge >= 0.3 is 5.97 Å². The standard InChI is InChI=1S/C21H21NO3/c1-21(2,3)25-19(20(23)24)16-11-12-17-15(10-7-13-22-17)18(16)14-8-5-4-6-9-14/h4-13,19H,1-3H3,(H,23,24). The van der Waals surface area contributed by atoms with Gasteiger partial charge in [-0.05, 0) is 44.0 Å². The summed E-state index contributed by atoms with van der Waals surface area (Å²) in [6.07, 6.45) is 0.678. The number of hydrogen-bond acceptors (Lipinski definition) is 3. The third-order valence-corrected chi connectivity index (χ3v) is 3.86. The predicted octanol–water partition coefficient (Wildman–Crippen LogP) is 4.84. The normalized spacial score (nSPS) is 12.9. The lowest BCUT2D eigenvalue weighted by molar-refractivity contribution is -0.160. The van der Waals surface area contributed by atoms with Gasteiger partial charge in [-0.3, -0.25) is 4.98 Å². The Morgan fingerprint density at radius 1 is 1.04 bits per heavy atom. The van der Waals surface area contributed by atoms with E-state index in [2.05, 4.69) is 4.98 Å². The van der Waals surface area contributed by atoms with Crippen LogP contribution in [0.4, 0.5) is 0 Å². The van der Waals surface area contributed by atoms with Crippen molar-refractivity contribution < 1.29 is 14.6 Å². The third-order valence-electron chi connectivity index (χ3n) is 3.86. The fraction of sp³-hybridized carbons (Fsp3) is 0.238. The molecule has 4 heteroatoms. The zero-order valence-electron chi connectivity index (χ0n) is 14.6. The van der Waals surface area contributed by atoms with Crippen LogP contribution >= 0.6 is 0 Å². The van der Waals surface area contributed by atoms with E-state index in [0.717, 1.165) is 22.0 Å². The largest absolute Gasteiger partial charge is 0.479 e. The maximum Gasteiger partial charge on any atom is 0.337 e. The molecule has 3 rings (SSSR count). The lowest BCUT2D eigenvalue weighted by Crippen LogP contribution is -2.27. The quantitative estimate of drug-likeness (QED) is 0.741. The minimum atomic E-state index is -1.06. The number of nitrogens with zero attached hydrogens (tertiary/aromatic N) is 1. The molecule has 0 saturated heterocycles. The topological polar surface area (TPSA) is 59.4 Å². The van der Waals surface area contributed by atoms with E-state index in [-0.39, 0.29) is 0 Å². The van der Waals surface area contributed by atoms with Crippen molar-refractivity contribution in [3.63, 3.8) is 0 Å². The Balaban J connectivity index is 2.29. The Labute approximate surface area is 147 Å². The van der Waals surface area contributed by atoms with Crippen molar-refractivity contribution in [1.82, 2.24) is 4.98 Å². The Kier molecular flexibility index (Phi) is 4.55. The van der Waals surface area contributed by atoms with Crippen molar-refractivity contribution in [2.45, 2.75) is 32.5 Å². The molecule has 1 N–H and O–H groups in total. The van der Waals surface area contributed by atoms with Gasteiger partial charge in [-0.2, -0.15) is 0 Å². The number of carboxylic acids is 1. The van der Waals surface area contributed by atoms with E-state index in [4.69, 9.17) is 4.74 Å². The lowest BCUT2D eigenvalue weighted by Gasteiger charge is -2.27. The molecule has 0 saturated carbocycles. The van der Waals surface area contributed by atoms with E-state index < -0.39 is 17.7 Å². The minimum absolute atomic E-state index is 0.582. The van der Waals surface area contributed by atoms with Crippen LogP contribution in [0.25, 0.3) is 22.0 Å². The van der Waals surface area contributed by atoms with Gasteiger partial charge < -0.3 is 9.84 Å². The molecule has 1 aromatic heterocycles. The minimum Gasteiger partial charge on any atom is -0.479 e. The number of benzene rings is 2. The molecule has 0 aliphatic carbocycles. The fourth-order valence-electron chi connectivity index (χ4n) is 2.92. The number of carbonyl (C=O) groups is 1. The SMILES string of the molecule is CC(C)(C)OC(C(=O)O)c1ccc2ncccc2c1-c1ccccc1. The molecule has 25 heavy (non-hydrogen) atoms. The first-order chi connectivity index (χ1) is 11.9. The van der Waals surface area contributed by atoms with Crippen molar-refractivity contribution in [2.24, 2.45) is 0 Å². The number of carboxylic acid groups (broad SMARTS) is 1. The molecule has 0 aliphatic rings. The van der Waals surface area contributed by atoms with E-state index >= 15 is 0 Å². The van der Waals surface area contributed by atoms with E-state index in [9.17, 15) is 9.90 Å². The van der Waals surface area contributed by atoms with Gasteiger partial charge in [0.05, 0.1) is 11.1 Å². The highest BCUT2D eigenvalue weighted by Crippen LogP contribution is 2.37. The van der Waals surface area contributed by atoms with Crippen LogP contribution in [0.15, 0.2) is 60.8 Å². The summed E-state index contributed by atoms with van der Waals surface area (Å²) in [6.45, 7) is 5.56. The van der Waals surface area contributed by atoms with Crippen molar-refractivity contribution in [3.8, 4) is 11.1 Å². The van der Waals surface area contributed by atoms with Crippen LogP contribution in [0.1, 0.15) is 32.4 Å². The van der Waals surface area contributed by atoms with E-state index in [1.165, 1.54) is 0 Å². The van der Waals surface area contributed by atoms with E-state index in [0.29, 0.717) is 5.56 Å². The van der Waals surface area contributed by atoms with Crippen molar-refractivity contribution in [3.05, 3.63) is 66.4 Å². The van der Waals surface area contributed by atoms with Gasteiger partial charge in [-0.15, -0.1) is 0 Å². The highest BCUT2D eigenvalue weighted by molar-refractivity contribution is 5.98. The Morgan fingerprint density at radius 3 is 2.40 bits per heavy atom. The van der Waals surface area contributed by atoms with Crippen LogP contribution in [0.5, 0.6) is 0 Å². The van der Waals surface area contributed by atoms with Crippen LogP contribution in [-0.2, 0) is 9.53 Å². The number of aromatic nitrogens is 1. The molecule has 1 heterocycles. The first kappa shape index (κ1) is 17.1. The molecule has 1 unspecified atom stereocenters. The number of hydrogen-bond donors (Lipinski definition) is 1. The zero-order chi connectivity index (χ0) is 18.0. The molecular weight excluding hydrogens is 314 g/mol. The average Bonchev–Trinajstić information content (AvgIpc) is 2.58. The average molecular weight is 335 g/mol. The van der Waals surface area contributed by atoms with E-state index in [1.807, 2.05) is 75.4 Å². The van der Waals surface area contributed by atoms with Crippen molar-refractivity contribution in [2.75, 3.05) is 0 Å². The van der Waals surface area contributed by atoms with Gasteiger partial charge in [0.2, 0.25) is 0 Å². The smallest absolute Gasteiger partial charge is 0.337 e. The molecule has 0 aliphatic heterocycles. The highest BCUT2D eigenvalue weighted by Gasteiger charge is 2.29. The molecule has 0 radical (unpaired) electrons. The maximum atomic E-state index is 12.0. The Morgan fingerprint density at radius 2 is 1.76 bits per heavy atom. The second-order valence-electron chi connectivity index (χ2n) is 6.91. The summed E-state index contributed by atoms with van der Waals surface area (Å²) < 4.78 is 5.88. The number of aliphatic carboxylic acids is 1. The summed E-state index contributed by atoms with van der Waals surface area (Å²) in [6, 6.07) is 17.2. The van der Waals surface area contributed by atoms with Crippen molar-refractivity contribution in [1.29, 1.82) is 0 Å². The Hall–Kier alpha value is -2.72. The van der Waals surface area contributed by atoms with E-state index in [1.54, 1.807) is 6.20 Å². The van der Waals surface area contributed by atoms with Gasteiger partial charge in [0.1, 0.15) is 0 Å². The van der Waals surface area contributed by atoms with Gasteiger partial charge in [0, 0.05) is 17.1 Å². The second-order valence-corrected chi connectivity index (χ2v) is 6.91. The summed E-state index contributed by atoms with van der Waals surface area (Å²) >= 11 is 0. The van der Waals surface area contributed by atoms with Gasteiger partial charge in [0.15, 0.2) is 6.10 Å². The second kappa shape index (κ2) is 6.65. The maximum absolute atomic E-state index is 12.0. The molecule has 2 aromatic carbocycles. The van der Waals surface area contributed by atoms with Crippen LogP contribution in [0, 0.1) is 0 Å². The number of rotatable bonds is 4. The molecule has 0 fully saturated rings. The molecule has 0 amide bonds. The van der Waals surface area contributed by atoms with Gasteiger partial charge in [-0.1, -0.05) is 42.5 Å². The summed E-state index contributed by atoms with van der Waals surface area (Å²) in [5.74, 6) is -1.00. The molecule has 3 aromatic rings. The van der Waals surface area contributed by atoms with Crippen molar-refractivity contribution >= 4 is 16.9 Å². The van der Waals surface area contributed by atoms with Crippen LogP contribution in [-0.4, -0.2) is 21.7 Å². The predicted molar refractivity (Wildman–Crippen MR) is 98.4 cm³/mol. The summed E-state index contributed by atoms with van der Waals surface area (Å²) in [7, 11) is 0. The molecule has 128 valence electrons. The zero-order valence-corrected chi connectivity index (χ0v) is 14.6. The highest BCUT2D eigenvalue weighted by atomic mass is 16.5. The van der Waals surface area contributed by atoms with Crippen LogP contribution in [0.3, 0.4) is 0 Å². The van der Waals surface area contributed by atoms with Gasteiger partial charge in [-0.25, -0.2) is 4.79 Å². The summed E-state index contributed by atoms with van der Waals surface area (Å²) in [4.78, 5) is 16.4. The number of pyridine rings is 1. The molecular formula is C21H21NO3. The fourth-order valence-corrected chi connectivity index (χ4v) is 2.92. The number of fused-ring (bicyclic) bond motifs is 1. The Bertz CT molecular complexity index is 898. The van der Waals surface area contributed by atoms with Gasteiger partial charge in [0.25, 0.3) is 0 Å². The third kappa shape index (κ3) is 3.69.